The van der Waals surface area contributed by atoms with E-state index in [1.807, 2.05) is 12.3 Å². The lowest BCUT2D eigenvalue weighted by atomic mass is 9.56. The average Bonchev–Trinajstić information content (AvgIpc) is 2.52. The molecule has 1 saturated heterocycles. The summed E-state index contributed by atoms with van der Waals surface area (Å²) in [6, 6.07) is 4.03. The van der Waals surface area contributed by atoms with Crippen molar-refractivity contribution in [3.63, 3.8) is 0 Å². The number of nitrogens with zero attached hydrogens (tertiary/aromatic N) is 1. The van der Waals surface area contributed by atoms with Crippen LogP contribution in [0.15, 0.2) is 36.2 Å². The summed E-state index contributed by atoms with van der Waals surface area (Å²) >= 11 is 0. The average molecular weight is 315 g/mol. The molecule has 1 aromatic heterocycles. The van der Waals surface area contributed by atoms with E-state index < -0.39 is 0 Å². The van der Waals surface area contributed by atoms with E-state index in [0.717, 1.165) is 5.56 Å². The molecule has 23 heavy (non-hydrogen) atoms. The van der Waals surface area contributed by atoms with Gasteiger partial charge in [-0.2, -0.15) is 0 Å². The fourth-order valence-corrected chi connectivity index (χ4v) is 4.34. The molecular formula is C19H25NO3. The van der Waals surface area contributed by atoms with Crippen molar-refractivity contribution in [2.75, 3.05) is 13.2 Å². The number of rotatable bonds is 3. The molecular weight excluding hydrogens is 290 g/mol. The van der Waals surface area contributed by atoms with Crippen LogP contribution in [-0.2, 0) is 14.3 Å². The Bertz CT molecular complexity index is 612. The Morgan fingerprint density at radius 3 is 2.91 bits per heavy atom. The molecule has 0 spiro atoms. The monoisotopic (exact) mass is 315 g/mol. The van der Waals surface area contributed by atoms with Gasteiger partial charge in [0.2, 0.25) is 0 Å². The summed E-state index contributed by atoms with van der Waals surface area (Å²) in [6.45, 7) is 9.15. The summed E-state index contributed by atoms with van der Waals surface area (Å²) in [4.78, 5) is 15.6. The maximum atomic E-state index is 11.3. The Hall–Kier alpha value is -1.68. The molecule has 0 radical (unpaired) electrons. The van der Waals surface area contributed by atoms with Gasteiger partial charge in [-0.05, 0) is 30.4 Å². The highest BCUT2D eigenvalue weighted by molar-refractivity contribution is 5.66. The first-order valence-electron chi connectivity index (χ1n) is 8.29. The maximum absolute atomic E-state index is 11.3. The zero-order chi connectivity index (χ0) is 16.6. The van der Waals surface area contributed by atoms with Gasteiger partial charge in [0, 0.05) is 30.7 Å². The number of pyridine rings is 1. The highest BCUT2D eigenvalue weighted by Gasteiger charge is 2.54. The van der Waals surface area contributed by atoms with Gasteiger partial charge in [-0.15, -0.1) is 0 Å². The Morgan fingerprint density at radius 2 is 2.26 bits per heavy atom. The van der Waals surface area contributed by atoms with E-state index in [0.29, 0.717) is 31.0 Å². The zero-order valence-corrected chi connectivity index (χ0v) is 14.3. The highest BCUT2D eigenvalue weighted by atomic mass is 16.5. The Kier molecular flexibility index (Phi) is 4.28. The fraction of sp³-hybridized carbons (Fsp3) is 0.579. The van der Waals surface area contributed by atoms with E-state index in [-0.39, 0.29) is 17.5 Å². The van der Waals surface area contributed by atoms with E-state index in [1.165, 1.54) is 12.5 Å². The lowest BCUT2D eigenvalue weighted by Crippen LogP contribution is -2.54. The van der Waals surface area contributed by atoms with Gasteiger partial charge in [0.15, 0.2) is 0 Å². The second kappa shape index (κ2) is 6.08. The van der Waals surface area contributed by atoms with Gasteiger partial charge >= 0.3 is 5.97 Å². The molecule has 1 aliphatic heterocycles. The molecule has 1 fully saturated rings. The van der Waals surface area contributed by atoms with Crippen molar-refractivity contribution in [3.05, 3.63) is 41.7 Å². The topological polar surface area (TPSA) is 48.4 Å². The SMILES string of the molecule is CC(=O)OC[C@]12COC(c3cccnc3)C(C(C)=CC1C)[C@H]2C. The summed E-state index contributed by atoms with van der Waals surface area (Å²) < 4.78 is 11.7. The van der Waals surface area contributed by atoms with Crippen molar-refractivity contribution in [2.45, 2.75) is 33.8 Å². The Balaban J connectivity index is 1.95. The quantitative estimate of drug-likeness (QED) is 0.632. The van der Waals surface area contributed by atoms with Crippen LogP contribution in [0.3, 0.4) is 0 Å². The van der Waals surface area contributed by atoms with Crippen LogP contribution in [0.25, 0.3) is 0 Å². The van der Waals surface area contributed by atoms with Gasteiger partial charge in [-0.25, -0.2) is 0 Å². The number of ether oxygens (including phenoxy) is 2. The normalized spacial score (nSPS) is 36.3. The lowest BCUT2D eigenvalue weighted by Gasteiger charge is -2.55. The van der Waals surface area contributed by atoms with Crippen LogP contribution in [0, 0.1) is 23.2 Å². The van der Waals surface area contributed by atoms with Crippen molar-refractivity contribution in [1.82, 2.24) is 4.98 Å². The molecule has 0 N–H and O–H groups in total. The van der Waals surface area contributed by atoms with Crippen molar-refractivity contribution >= 4 is 5.97 Å². The molecule has 2 aliphatic rings. The maximum Gasteiger partial charge on any atom is 0.302 e. The third-order valence-corrected chi connectivity index (χ3v) is 5.81. The molecule has 1 aromatic rings. The number of aromatic nitrogens is 1. The third-order valence-electron chi connectivity index (χ3n) is 5.81. The molecule has 3 rings (SSSR count). The number of fused-ring (bicyclic) bond motifs is 2. The van der Waals surface area contributed by atoms with Crippen LogP contribution in [0.1, 0.15) is 39.4 Å². The molecule has 0 aromatic carbocycles. The van der Waals surface area contributed by atoms with Crippen LogP contribution in [0.5, 0.6) is 0 Å². The molecule has 5 atom stereocenters. The lowest BCUT2D eigenvalue weighted by molar-refractivity contribution is -0.180. The van der Waals surface area contributed by atoms with Crippen LogP contribution in [-0.4, -0.2) is 24.2 Å². The van der Waals surface area contributed by atoms with E-state index in [9.17, 15) is 4.79 Å². The second-order valence-electron chi connectivity index (χ2n) is 7.05. The number of esters is 1. The number of hydrogen-bond donors (Lipinski definition) is 0. The Labute approximate surface area is 137 Å². The van der Waals surface area contributed by atoms with Crippen molar-refractivity contribution in [1.29, 1.82) is 0 Å². The summed E-state index contributed by atoms with van der Waals surface area (Å²) in [5, 5.41) is 0. The third kappa shape index (κ3) is 2.69. The molecule has 1 aliphatic carbocycles. The van der Waals surface area contributed by atoms with Gasteiger partial charge in [0.1, 0.15) is 0 Å². The number of carbonyl (C=O) groups is 1. The van der Waals surface area contributed by atoms with Crippen LogP contribution in [0.2, 0.25) is 0 Å². The predicted octanol–water partition coefficient (Wildman–Crippen LogP) is 3.55. The van der Waals surface area contributed by atoms with Crippen LogP contribution < -0.4 is 0 Å². The van der Waals surface area contributed by atoms with E-state index >= 15 is 0 Å². The van der Waals surface area contributed by atoms with Crippen LogP contribution >= 0.6 is 0 Å². The van der Waals surface area contributed by atoms with Gasteiger partial charge in [0.05, 0.1) is 19.3 Å². The molecule has 4 heteroatoms. The highest BCUT2D eigenvalue weighted by Crippen LogP contribution is 2.56. The van der Waals surface area contributed by atoms with Gasteiger partial charge in [-0.1, -0.05) is 31.6 Å². The summed E-state index contributed by atoms with van der Waals surface area (Å²) in [5.74, 6) is 0.763. The first-order chi connectivity index (χ1) is 11.0. The molecule has 124 valence electrons. The predicted molar refractivity (Wildman–Crippen MR) is 87.6 cm³/mol. The summed E-state index contributed by atoms with van der Waals surface area (Å²) in [5.41, 5.74) is 2.33. The van der Waals surface area contributed by atoms with Crippen molar-refractivity contribution in [3.8, 4) is 0 Å². The van der Waals surface area contributed by atoms with Gasteiger partial charge < -0.3 is 9.47 Å². The first kappa shape index (κ1) is 16.2. The second-order valence-corrected chi connectivity index (χ2v) is 7.05. The largest absolute Gasteiger partial charge is 0.465 e. The van der Waals surface area contributed by atoms with Gasteiger partial charge in [-0.3, -0.25) is 9.78 Å². The van der Waals surface area contributed by atoms with E-state index in [4.69, 9.17) is 9.47 Å². The molecule has 2 bridgehead atoms. The smallest absolute Gasteiger partial charge is 0.302 e. The standard InChI is InChI=1S/C19H25NO3/c1-12-8-13(2)19(10-22-15(4)21)11-23-18(17(12)14(19)3)16-6-5-7-20-9-16/h5-9,13-14,17-18H,10-11H2,1-4H3/t13?,14-,17?,18?,19+/m1/s1. The van der Waals surface area contributed by atoms with E-state index in [1.54, 1.807) is 6.20 Å². The van der Waals surface area contributed by atoms with E-state index in [2.05, 4.69) is 37.9 Å². The summed E-state index contributed by atoms with van der Waals surface area (Å²) in [7, 11) is 0. The molecule has 3 unspecified atom stereocenters. The van der Waals surface area contributed by atoms with Gasteiger partial charge in [0.25, 0.3) is 0 Å². The molecule has 0 amide bonds. The fourth-order valence-electron chi connectivity index (χ4n) is 4.34. The van der Waals surface area contributed by atoms with Crippen LogP contribution in [0.4, 0.5) is 0 Å². The van der Waals surface area contributed by atoms with Crippen molar-refractivity contribution in [2.24, 2.45) is 23.2 Å². The molecule has 4 nitrogen and oxygen atoms in total. The number of carbonyl (C=O) groups excluding carboxylic acids is 1. The minimum absolute atomic E-state index is 0.0212. The molecule has 0 saturated carbocycles. The first-order valence-corrected chi connectivity index (χ1v) is 8.29. The summed E-state index contributed by atoms with van der Waals surface area (Å²) in [6.07, 6.45) is 6.03. The van der Waals surface area contributed by atoms with Crippen molar-refractivity contribution < 1.29 is 14.3 Å². The minimum Gasteiger partial charge on any atom is -0.465 e. The zero-order valence-electron chi connectivity index (χ0n) is 14.3. The number of allylic oxidation sites excluding steroid dienone is 1. The Morgan fingerprint density at radius 1 is 1.48 bits per heavy atom. The minimum atomic E-state index is -0.226. The number of hydrogen-bond acceptors (Lipinski definition) is 4. The molecule has 2 heterocycles.